The molecule has 1 aliphatic rings. The largest absolute Gasteiger partial charge is 0.507 e. The van der Waals surface area contributed by atoms with Crippen molar-refractivity contribution in [3.63, 3.8) is 0 Å². The van der Waals surface area contributed by atoms with Crippen LogP contribution in [0, 0.1) is 0 Å². The quantitative estimate of drug-likeness (QED) is 0.206. The van der Waals surface area contributed by atoms with E-state index in [0.29, 0.717) is 41.7 Å². The topological polar surface area (TPSA) is 85.3 Å². The highest BCUT2D eigenvalue weighted by Crippen LogP contribution is 2.44. The average molecular weight is 522 g/mol. The molecule has 1 atom stereocenters. The molecule has 1 saturated heterocycles. The van der Waals surface area contributed by atoms with Crippen LogP contribution in [0.25, 0.3) is 5.76 Å². The number of Topliss-reactive ketones (excluding diaryl/α,β-unsaturated/α-hetero) is 1. The molecule has 1 N–H and O–H groups in total. The average Bonchev–Trinajstić information content (AvgIpc) is 3.18. The minimum absolute atomic E-state index is 0.0782. The van der Waals surface area contributed by atoms with Crippen LogP contribution in [0.2, 0.25) is 5.02 Å². The lowest BCUT2D eigenvalue weighted by molar-refractivity contribution is -0.132. The molecule has 8 heteroatoms. The summed E-state index contributed by atoms with van der Waals surface area (Å²) >= 11 is 6.42. The number of aliphatic hydroxyl groups is 1. The molecule has 37 heavy (non-hydrogen) atoms. The normalized spacial score (nSPS) is 16.6. The number of rotatable bonds is 9. The second-order valence-electron chi connectivity index (χ2n) is 8.36. The van der Waals surface area contributed by atoms with Gasteiger partial charge in [-0.05, 0) is 61.4 Å². The lowest BCUT2D eigenvalue weighted by Crippen LogP contribution is -2.29. The summed E-state index contributed by atoms with van der Waals surface area (Å²) < 4.78 is 16.6. The van der Waals surface area contributed by atoms with Crippen molar-refractivity contribution >= 4 is 34.7 Å². The number of hydrogen-bond acceptors (Lipinski definition) is 6. The first-order valence-electron chi connectivity index (χ1n) is 12.0. The molecule has 3 aromatic carbocycles. The van der Waals surface area contributed by atoms with Crippen LogP contribution >= 0.6 is 11.6 Å². The van der Waals surface area contributed by atoms with Crippen LogP contribution in [0.15, 0.2) is 72.3 Å². The first kappa shape index (κ1) is 26.1. The van der Waals surface area contributed by atoms with Crippen LogP contribution in [-0.4, -0.2) is 37.1 Å². The lowest BCUT2D eigenvalue weighted by Gasteiger charge is -2.26. The predicted octanol–water partition coefficient (Wildman–Crippen LogP) is 6.16. The Labute approximate surface area is 220 Å². The summed E-state index contributed by atoms with van der Waals surface area (Å²) in [4.78, 5) is 28.2. The van der Waals surface area contributed by atoms with Crippen molar-refractivity contribution in [2.24, 2.45) is 0 Å². The highest BCUT2D eigenvalue weighted by atomic mass is 35.5. The van der Waals surface area contributed by atoms with Crippen LogP contribution < -0.4 is 19.1 Å². The van der Waals surface area contributed by atoms with E-state index in [-0.39, 0.29) is 21.9 Å². The molecule has 1 amide bonds. The Bertz CT molecular complexity index is 1330. The van der Waals surface area contributed by atoms with Crippen LogP contribution in [-0.2, 0) is 9.59 Å². The molecular formula is C29H28ClNO6. The van der Waals surface area contributed by atoms with Crippen molar-refractivity contribution in [2.75, 3.05) is 25.2 Å². The molecular weight excluding hydrogens is 494 g/mol. The summed E-state index contributed by atoms with van der Waals surface area (Å²) in [6.07, 6.45) is 0.860. The fourth-order valence-electron chi connectivity index (χ4n) is 4.23. The number of nitrogens with zero attached hydrogens (tertiary/aromatic N) is 1. The zero-order chi connectivity index (χ0) is 26.5. The molecule has 192 valence electrons. The number of hydrogen-bond donors (Lipinski definition) is 1. The number of carbonyl (C=O) groups excluding carboxylic acids is 2. The summed E-state index contributed by atoms with van der Waals surface area (Å²) in [7, 11) is 1.52. The van der Waals surface area contributed by atoms with Gasteiger partial charge in [-0.2, -0.15) is 0 Å². The molecule has 0 radical (unpaired) electrons. The molecule has 0 bridgehead atoms. The Hall–Kier alpha value is -3.97. The smallest absolute Gasteiger partial charge is 0.300 e. The van der Waals surface area contributed by atoms with Gasteiger partial charge in [-0.3, -0.25) is 14.5 Å². The van der Waals surface area contributed by atoms with E-state index < -0.39 is 17.7 Å². The monoisotopic (exact) mass is 521 g/mol. The minimum Gasteiger partial charge on any atom is -0.507 e. The Balaban J connectivity index is 1.90. The van der Waals surface area contributed by atoms with Crippen molar-refractivity contribution in [1.29, 1.82) is 0 Å². The van der Waals surface area contributed by atoms with Crippen molar-refractivity contribution in [1.82, 2.24) is 0 Å². The molecule has 4 rings (SSSR count). The number of anilines is 1. The van der Waals surface area contributed by atoms with Crippen LogP contribution in [0.3, 0.4) is 0 Å². The number of amides is 1. The summed E-state index contributed by atoms with van der Waals surface area (Å²) in [6.45, 7) is 4.83. The van der Waals surface area contributed by atoms with Crippen LogP contribution in [0.4, 0.5) is 5.69 Å². The highest BCUT2D eigenvalue weighted by molar-refractivity contribution is 6.52. The van der Waals surface area contributed by atoms with Gasteiger partial charge >= 0.3 is 0 Å². The zero-order valence-electron chi connectivity index (χ0n) is 20.9. The van der Waals surface area contributed by atoms with E-state index in [9.17, 15) is 14.7 Å². The predicted molar refractivity (Wildman–Crippen MR) is 143 cm³/mol. The van der Waals surface area contributed by atoms with E-state index in [2.05, 4.69) is 0 Å². The highest BCUT2D eigenvalue weighted by Gasteiger charge is 2.47. The maximum Gasteiger partial charge on any atom is 0.300 e. The van der Waals surface area contributed by atoms with Crippen molar-refractivity contribution in [3.8, 4) is 17.2 Å². The molecule has 1 heterocycles. The Morgan fingerprint density at radius 3 is 2.35 bits per heavy atom. The van der Waals surface area contributed by atoms with Crippen LogP contribution in [0.1, 0.15) is 37.4 Å². The van der Waals surface area contributed by atoms with E-state index in [1.54, 1.807) is 66.7 Å². The molecule has 1 aliphatic heterocycles. The summed E-state index contributed by atoms with van der Waals surface area (Å²) in [5.74, 6) is -0.320. The van der Waals surface area contributed by atoms with Gasteiger partial charge in [0.2, 0.25) is 0 Å². The third-order valence-corrected chi connectivity index (χ3v) is 6.28. The molecule has 1 fully saturated rings. The van der Waals surface area contributed by atoms with E-state index in [1.807, 2.05) is 13.8 Å². The maximum atomic E-state index is 13.4. The summed E-state index contributed by atoms with van der Waals surface area (Å²) in [6, 6.07) is 17.8. The number of ketones is 1. The molecule has 0 saturated carbocycles. The second kappa shape index (κ2) is 11.4. The van der Waals surface area contributed by atoms with Gasteiger partial charge in [-0.1, -0.05) is 36.7 Å². The van der Waals surface area contributed by atoms with Crippen LogP contribution in [0.5, 0.6) is 17.2 Å². The third kappa shape index (κ3) is 5.27. The van der Waals surface area contributed by atoms with Gasteiger partial charge in [0.15, 0.2) is 0 Å². The van der Waals surface area contributed by atoms with Crippen molar-refractivity contribution in [3.05, 3.63) is 88.5 Å². The number of halogens is 1. The molecule has 0 aromatic heterocycles. The second-order valence-corrected chi connectivity index (χ2v) is 8.77. The Kier molecular flexibility index (Phi) is 8.04. The Morgan fingerprint density at radius 1 is 0.946 bits per heavy atom. The summed E-state index contributed by atoms with van der Waals surface area (Å²) in [5, 5.41) is 11.7. The standard InChI is InChI=1S/C29H28ClNO6/c1-4-15-37-20-11-9-18(10-12-20)26-25(27(32)23-17-22(36-5-2)13-14-24(23)30)28(33)29(34)31(26)19-7-6-8-21(16-19)35-3/h6-14,16-17,26,32H,4-5,15H2,1-3H3/b27-25+. The number of benzene rings is 3. The Morgan fingerprint density at radius 2 is 1.68 bits per heavy atom. The maximum absolute atomic E-state index is 13.4. The van der Waals surface area contributed by atoms with E-state index in [4.69, 9.17) is 25.8 Å². The third-order valence-electron chi connectivity index (χ3n) is 5.95. The zero-order valence-corrected chi connectivity index (χ0v) is 21.6. The van der Waals surface area contributed by atoms with Gasteiger partial charge in [-0.25, -0.2) is 0 Å². The fourth-order valence-corrected chi connectivity index (χ4v) is 4.44. The summed E-state index contributed by atoms with van der Waals surface area (Å²) in [5.41, 5.74) is 1.19. The number of methoxy groups -OCH3 is 1. The van der Waals surface area contributed by atoms with Crippen molar-refractivity contribution < 1.29 is 28.9 Å². The number of carbonyl (C=O) groups is 2. The SMILES string of the molecule is CCCOc1ccc(C2/C(=C(\O)c3cc(OCC)ccc3Cl)C(=O)C(=O)N2c2cccc(OC)c2)cc1. The molecule has 1 unspecified atom stereocenters. The van der Waals surface area contributed by atoms with Crippen molar-refractivity contribution in [2.45, 2.75) is 26.3 Å². The number of aliphatic hydroxyl groups excluding tert-OH is 1. The lowest BCUT2D eigenvalue weighted by atomic mass is 9.95. The fraction of sp³-hybridized carbons (Fsp3) is 0.241. The van der Waals surface area contributed by atoms with Gasteiger partial charge < -0.3 is 19.3 Å². The molecule has 3 aromatic rings. The first-order chi connectivity index (χ1) is 17.9. The van der Waals surface area contributed by atoms with E-state index >= 15 is 0 Å². The van der Waals surface area contributed by atoms with Gasteiger partial charge in [0.25, 0.3) is 11.7 Å². The van der Waals surface area contributed by atoms with Gasteiger partial charge in [0.1, 0.15) is 23.0 Å². The molecule has 0 spiro atoms. The van der Waals surface area contributed by atoms with Gasteiger partial charge in [-0.15, -0.1) is 0 Å². The van der Waals surface area contributed by atoms with E-state index in [0.717, 1.165) is 6.42 Å². The minimum atomic E-state index is -0.917. The van der Waals surface area contributed by atoms with Gasteiger partial charge in [0, 0.05) is 17.3 Å². The number of ether oxygens (including phenoxy) is 3. The van der Waals surface area contributed by atoms with Gasteiger partial charge in [0.05, 0.1) is 37.0 Å². The molecule has 0 aliphatic carbocycles. The first-order valence-corrected chi connectivity index (χ1v) is 12.4. The van der Waals surface area contributed by atoms with E-state index in [1.165, 1.54) is 12.0 Å². The molecule has 7 nitrogen and oxygen atoms in total.